The van der Waals surface area contributed by atoms with Gasteiger partial charge in [-0.25, -0.2) is 0 Å². The van der Waals surface area contributed by atoms with Crippen molar-refractivity contribution >= 4 is 11.8 Å². The number of hydrogen-bond acceptors (Lipinski definition) is 3. The zero-order chi connectivity index (χ0) is 14.0. The van der Waals surface area contributed by atoms with Crippen LogP contribution in [0.15, 0.2) is 0 Å². The second-order valence-corrected chi connectivity index (χ2v) is 6.23. The molecule has 1 aliphatic heterocycles. The lowest BCUT2D eigenvalue weighted by molar-refractivity contribution is -0.212. The lowest BCUT2D eigenvalue weighted by atomic mass is 9.91. The van der Waals surface area contributed by atoms with Gasteiger partial charge in [0.15, 0.2) is 0 Å². The van der Waals surface area contributed by atoms with Gasteiger partial charge in [0, 0.05) is 5.54 Å². The van der Waals surface area contributed by atoms with E-state index in [4.69, 9.17) is 16.5 Å². The van der Waals surface area contributed by atoms with Crippen LogP contribution >= 0.6 is 11.8 Å². The van der Waals surface area contributed by atoms with Crippen LogP contribution in [-0.4, -0.2) is 46.3 Å². The highest BCUT2D eigenvalue weighted by molar-refractivity contribution is 6.14. The van der Waals surface area contributed by atoms with Crippen molar-refractivity contribution in [2.45, 2.75) is 71.7 Å². The Labute approximate surface area is 118 Å². The van der Waals surface area contributed by atoms with E-state index in [1.165, 1.54) is 0 Å². The number of halogens is 1. The molecule has 0 aliphatic carbocycles. The van der Waals surface area contributed by atoms with Crippen molar-refractivity contribution < 1.29 is 4.74 Å². The number of hydrogen-bond donors (Lipinski definition) is 0. The minimum absolute atomic E-state index is 0.0187. The molecule has 0 amide bonds. The average Bonchev–Trinajstić information content (AvgIpc) is 2.32. The van der Waals surface area contributed by atoms with E-state index in [0.29, 0.717) is 6.04 Å². The second-order valence-electron chi connectivity index (χ2n) is 5.89. The van der Waals surface area contributed by atoms with Gasteiger partial charge in [-0.3, -0.25) is 4.90 Å². The lowest BCUT2D eigenvalue weighted by Crippen LogP contribution is -2.66. The van der Waals surface area contributed by atoms with Crippen LogP contribution in [0.4, 0.5) is 0 Å². The molecule has 0 bridgehead atoms. The first-order valence-corrected chi connectivity index (χ1v) is 7.51. The summed E-state index contributed by atoms with van der Waals surface area (Å²) in [5.41, 5.74) is -0.431. The molecule has 1 saturated heterocycles. The van der Waals surface area contributed by atoms with Crippen LogP contribution in [0.25, 0.3) is 0 Å². The van der Waals surface area contributed by atoms with Crippen molar-refractivity contribution in [3.05, 3.63) is 0 Å². The zero-order valence-electron chi connectivity index (χ0n) is 12.8. The fourth-order valence-electron chi connectivity index (χ4n) is 3.13. The van der Waals surface area contributed by atoms with Gasteiger partial charge in [0.25, 0.3) is 0 Å². The van der Waals surface area contributed by atoms with Crippen molar-refractivity contribution in [2.75, 3.05) is 19.7 Å². The summed E-state index contributed by atoms with van der Waals surface area (Å²) in [7, 11) is 0. The van der Waals surface area contributed by atoms with Gasteiger partial charge in [0.2, 0.25) is 0 Å². The molecule has 1 aliphatic rings. The maximum absolute atomic E-state index is 6.63. The maximum atomic E-state index is 6.63. The molecule has 0 aromatic heterocycles. The average molecular weight is 277 g/mol. The third-order valence-electron chi connectivity index (χ3n) is 4.29. The molecule has 0 radical (unpaired) electrons. The Kier molecular flexibility index (Phi) is 5.48. The summed E-state index contributed by atoms with van der Waals surface area (Å²) in [5.74, 6) is 0. The predicted octanol–water partition coefficient (Wildman–Crippen LogP) is 3.48. The molecule has 0 saturated carbocycles. The SMILES string of the molecule is CCC(N(CC)CC)C1(C)OCCC(C)(C)N1Cl. The standard InChI is InChI=1S/C14H29ClN2O/c1-7-12(16(8-2)9-3)14(6)17(15)13(4,5)10-11-18-14/h12H,7-11H2,1-6H3. The van der Waals surface area contributed by atoms with Crippen molar-refractivity contribution in [1.29, 1.82) is 0 Å². The van der Waals surface area contributed by atoms with Crippen LogP contribution in [0.5, 0.6) is 0 Å². The number of rotatable bonds is 5. The third kappa shape index (κ3) is 2.84. The van der Waals surface area contributed by atoms with E-state index in [1.807, 2.05) is 4.42 Å². The van der Waals surface area contributed by atoms with Gasteiger partial charge >= 0.3 is 0 Å². The molecule has 0 N–H and O–H groups in total. The molecule has 0 aromatic rings. The van der Waals surface area contributed by atoms with E-state index >= 15 is 0 Å². The van der Waals surface area contributed by atoms with Crippen molar-refractivity contribution in [3.63, 3.8) is 0 Å². The molecule has 18 heavy (non-hydrogen) atoms. The highest BCUT2D eigenvalue weighted by Gasteiger charge is 2.50. The quantitative estimate of drug-likeness (QED) is 0.715. The van der Waals surface area contributed by atoms with Crippen molar-refractivity contribution in [3.8, 4) is 0 Å². The van der Waals surface area contributed by atoms with Gasteiger partial charge in [0.1, 0.15) is 5.72 Å². The summed E-state index contributed by atoms with van der Waals surface area (Å²) in [5, 5.41) is 0. The molecular formula is C14H29ClN2O. The van der Waals surface area contributed by atoms with E-state index in [2.05, 4.69) is 46.4 Å². The zero-order valence-corrected chi connectivity index (χ0v) is 13.5. The molecule has 1 heterocycles. The predicted molar refractivity (Wildman–Crippen MR) is 77.7 cm³/mol. The van der Waals surface area contributed by atoms with E-state index in [9.17, 15) is 0 Å². The molecule has 1 rings (SSSR count). The lowest BCUT2D eigenvalue weighted by Gasteiger charge is -2.54. The fourth-order valence-corrected chi connectivity index (χ4v) is 3.38. The Hall–Kier alpha value is 0.170. The monoisotopic (exact) mass is 276 g/mol. The number of ether oxygens (including phenoxy) is 1. The molecule has 4 heteroatoms. The Morgan fingerprint density at radius 3 is 2.22 bits per heavy atom. The molecule has 0 aromatic carbocycles. The highest BCUT2D eigenvalue weighted by atomic mass is 35.5. The first kappa shape index (κ1) is 16.2. The Morgan fingerprint density at radius 1 is 1.22 bits per heavy atom. The van der Waals surface area contributed by atoms with Crippen LogP contribution in [0.2, 0.25) is 0 Å². The largest absolute Gasteiger partial charge is 0.358 e. The Morgan fingerprint density at radius 2 is 1.78 bits per heavy atom. The van der Waals surface area contributed by atoms with Gasteiger partial charge < -0.3 is 4.74 Å². The highest BCUT2D eigenvalue weighted by Crippen LogP contribution is 2.40. The van der Waals surface area contributed by atoms with Gasteiger partial charge in [-0.05, 0) is 58.5 Å². The first-order chi connectivity index (χ1) is 8.33. The molecule has 108 valence electrons. The number of nitrogens with zero attached hydrogens (tertiary/aromatic N) is 2. The van der Waals surface area contributed by atoms with Crippen molar-refractivity contribution in [2.24, 2.45) is 0 Å². The van der Waals surface area contributed by atoms with Gasteiger partial charge in [0.05, 0.1) is 12.6 Å². The van der Waals surface area contributed by atoms with E-state index in [0.717, 1.165) is 32.5 Å². The van der Waals surface area contributed by atoms with Crippen LogP contribution < -0.4 is 0 Å². The topological polar surface area (TPSA) is 15.7 Å². The van der Waals surface area contributed by atoms with Gasteiger partial charge in [-0.1, -0.05) is 20.8 Å². The summed E-state index contributed by atoms with van der Waals surface area (Å²) in [6, 6.07) is 0.324. The number of likely N-dealkylation sites (N-methyl/N-ethyl adjacent to an activating group) is 1. The molecular weight excluding hydrogens is 248 g/mol. The summed E-state index contributed by atoms with van der Waals surface area (Å²) in [6.45, 7) is 16.0. The first-order valence-electron chi connectivity index (χ1n) is 7.17. The molecule has 0 spiro atoms. The van der Waals surface area contributed by atoms with E-state index in [-0.39, 0.29) is 5.54 Å². The normalized spacial score (nSPS) is 30.7. The summed E-state index contributed by atoms with van der Waals surface area (Å²) < 4.78 is 8.02. The molecule has 1 fully saturated rings. The van der Waals surface area contributed by atoms with Gasteiger partial charge in [-0.2, -0.15) is 4.42 Å². The molecule has 2 unspecified atom stereocenters. The van der Waals surface area contributed by atoms with Crippen LogP contribution in [0.3, 0.4) is 0 Å². The van der Waals surface area contributed by atoms with Gasteiger partial charge in [-0.15, -0.1) is 0 Å². The Balaban J connectivity index is 3.01. The minimum Gasteiger partial charge on any atom is -0.358 e. The summed E-state index contributed by atoms with van der Waals surface area (Å²) in [6.07, 6.45) is 2.01. The smallest absolute Gasteiger partial charge is 0.148 e. The minimum atomic E-state index is -0.413. The van der Waals surface area contributed by atoms with E-state index in [1.54, 1.807) is 0 Å². The van der Waals surface area contributed by atoms with Crippen LogP contribution in [0.1, 0.15) is 54.4 Å². The van der Waals surface area contributed by atoms with Crippen molar-refractivity contribution in [1.82, 2.24) is 9.32 Å². The fraction of sp³-hybridized carbons (Fsp3) is 1.00. The van der Waals surface area contributed by atoms with E-state index < -0.39 is 5.72 Å². The van der Waals surface area contributed by atoms with Crippen LogP contribution in [0, 0.1) is 0 Å². The Bertz CT molecular complexity index is 269. The second kappa shape index (κ2) is 6.08. The summed E-state index contributed by atoms with van der Waals surface area (Å²) in [4.78, 5) is 2.44. The molecule has 3 nitrogen and oxygen atoms in total. The summed E-state index contributed by atoms with van der Waals surface area (Å²) >= 11 is 6.63. The molecule has 2 atom stereocenters. The maximum Gasteiger partial charge on any atom is 0.148 e. The third-order valence-corrected chi connectivity index (χ3v) is 5.08. The van der Waals surface area contributed by atoms with Crippen LogP contribution in [-0.2, 0) is 4.74 Å².